The molecule has 7 atom stereocenters. The largest absolute Gasteiger partial charge is 0.463 e. The minimum absolute atomic E-state index is 0.00558. The van der Waals surface area contributed by atoms with E-state index in [1.807, 2.05) is 6.92 Å². The number of aliphatic hydroxyl groups excluding tert-OH is 2. The minimum atomic E-state index is -0.485. The first-order valence-corrected chi connectivity index (χ1v) is 9.86. The zero-order chi connectivity index (χ0) is 18.1. The molecule has 2 heterocycles. The highest BCUT2D eigenvalue weighted by Gasteiger charge is 2.69. The van der Waals surface area contributed by atoms with Crippen LogP contribution in [0.15, 0.2) is 0 Å². The molecule has 5 nitrogen and oxygen atoms in total. The van der Waals surface area contributed by atoms with Crippen molar-refractivity contribution >= 4 is 5.97 Å². The van der Waals surface area contributed by atoms with Crippen LogP contribution in [-0.2, 0) is 14.3 Å². The summed E-state index contributed by atoms with van der Waals surface area (Å²) >= 11 is 0. The van der Waals surface area contributed by atoms with E-state index in [1.54, 1.807) is 0 Å². The summed E-state index contributed by atoms with van der Waals surface area (Å²) in [7, 11) is 0. The maximum absolute atomic E-state index is 11.7. The number of hydrogen-bond acceptors (Lipinski definition) is 5. The Morgan fingerprint density at radius 2 is 1.92 bits per heavy atom. The van der Waals surface area contributed by atoms with E-state index in [9.17, 15) is 15.0 Å². The summed E-state index contributed by atoms with van der Waals surface area (Å²) in [5, 5.41) is 20.8. The van der Waals surface area contributed by atoms with Crippen LogP contribution in [0.1, 0.15) is 65.7 Å². The third-order valence-corrected chi connectivity index (χ3v) is 8.57. The molecule has 4 aliphatic rings. The van der Waals surface area contributed by atoms with Gasteiger partial charge in [0.05, 0.1) is 24.7 Å². The first kappa shape index (κ1) is 17.7. The van der Waals surface area contributed by atoms with E-state index in [2.05, 4.69) is 13.8 Å². The number of ether oxygens (including phenoxy) is 2. The van der Waals surface area contributed by atoms with Gasteiger partial charge in [-0.25, -0.2) is 0 Å². The summed E-state index contributed by atoms with van der Waals surface area (Å²) in [6.45, 7) is 7.01. The van der Waals surface area contributed by atoms with Gasteiger partial charge in [0.1, 0.15) is 12.2 Å². The molecule has 2 aliphatic carbocycles. The lowest BCUT2D eigenvalue weighted by molar-refractivity contribution is -0.266. The monoisotopic (exact) mass is 352 g/mol. The molecule has 0 bridgehead atoms. The topological polar surface area (TPSA) is 76.0 Å². The van der Waals surface area contributed by atoms with Crippen molar-refractivity contribution in [3.05, 3.63) is 0 Å². The molecule has 142 valence electrons. The third-order valence-electron chi connectivity index (χ3n) is 8.57. The molecule has 2 unspecified atom stereocenters. The van der Waals surface area contributed by atoms with Crippen LogP contribution in [-0.4, -0.2) is 46.7 Å². The fourth-order valence-corrected chi connectivity index (χ4v) is 6.94. The highest BCUT2D eigenvalue weighted by atomic mass is 16.6. The van der Waals surface area contributed by atoms with Crippen molar-refractivity contribution in [2.24, 2.45) is 22.7 Å². The van der Waals surface area contributed by atoms with E-state index in [0.717, 1.165) is 32.1 Å². The van der Waals surface area contributed by atoms with Gasteiger partial charge in [-0.05, 0) is 50.4 Å². The van der Waals surface area contributed by atoms with Gasteiger partial charge in [-0.3, -0.25) is 4.79 Å². The minimum Gasteiger partial charge on any atom is -0.463 e. The zero-order valence-electron chi connectivity index (χ0n) is 15.7. The summed E-state index contributed by atoms with van der Waals surface area (Å²) in [4.78, 5) is 11.7. The number of rotatable bonds is 1. The number of fused-ring (bicyclic) bond motifs is 2. The molecular formula is C20H32O5. The van der Waals surface area contributed by atoms with Crippen molar-refractivity contribution in [1.29, 1.82) is 0 Å². The van der Waals surface area contributed by atoms with Gasteiger partial charge in [0, 0.05) is 10.8 Å². The van der Waals surface area contributed by atoms with Crippen LogP contribution >= 0.6 is 0 Å². The molecule has 2 N–H and O–H groups in total. The predicted molar refractivity (Wildman–Crippen MR) is 91.8 cm³/mol. The van der Waals surface area contributed by atoms with E-state index in [1.165, 1.54) is 0 Å². The highest BCUT2D eigenvalue weighted by Crippen LogP contribution is 2.68. The second-order valence-electron chi connectivity index (χ2n) is 9.68. The van der Waals surface area contributed by atoms with Crippen LogP contribution in [0.2, 0.25) is 0 Å². The van der Waals surface area contributed by atoms with Gasteiger partial charge in [-0.15, -0.1) is 0 Å². The normalized spacial score (nSPS) is 55.6. The molecule has 0 amide bonds. The van der Waals surface area contributed by atoms with Gasteiger partial charge in [0.25, 0.3) is 0 Å². The molecule has 4 fully saturated rings. The van der Waals surface area contributed by atoms with Crippen LogP contribution in [0.4, 0.5) is 0 Å². The summed E-state index contributed by atoms with van der Waals surface area (Å²) in [5.41, 5.74) is -1.33. The van der Waals surface area contributed by atoms with Crippen molar-refractivity contribution < 1.29 is 24.5 Å². The molecule has 2 aliphatic heterocycles. The lowest BCUT2D eigenvalue weighted by atomic mass is 9.43. The predicted octanol–water partition coefficient (Wildman–Crippen LogP) is 2.43. The Morgan fingerprint density at radius 3 is 2.56 bits per heavy atom. The summed E-state index contributed by atoms with van der Waals surface area (Å²) in [6, 6.07) is 0. The number of esters is 1. The second kappa shape index (κ2) is 5.43. The van der Waals surface area contributed by atoms with Crippen molar-refractivity contribution in [2.45, 2.75) is 83.0 Å². The standard InChI is InChI=1S/C20H32O5/c1-13-4-5-14-17(2,11-21)15(22)6-7-18(14,3)20(13)9-8-19(25-20)10-16(23)24-12-19/h13-15,21-22H,4-12H2,1-3H3/t13-,14?,15+,17+,18+,19?,20+/m1/s1. The fourth-order valence-electron chi connectivity index (χ4n) is 6.94. The maximum Gasteiger partial charge on any atom is 0.308 e. The smallest absolute Gasteiger partial charge is 0.308 e. The van der Waals surface area contributed by atoms with Gasteiger partial charge in [-0.2, -0.15) is 0 Å². The quantitative estimate of drug-likeness (QED) is 0.709. The van der Waals surface area contributed by atoms with Crippen molar-refractivity contribution in [1.82, 2.24) is 0 Å². The fraction of sp³-hybridized carbons (Fsp3) is 0.950. The number of cyclic esters (lactones) is 1. The van der Waals surface area contributed by atoms with Crippen molar-refractivity contribution in [3.8, 4) is 0 Å². The van der Waals surface area contributed by atoms with Crippen molar-refractivity contribution in [2.75, 3.05) is 13.2 Å². The first-order chi connectivity index (χ1) is 11.7. The molecular weight excluding hydrogens is 320 g/mol. The molecule has 0 aromatic heterocycles. The van der Waals surface area contributed by atoms with Gasteiger partial charge >= 0.3 is 5.97 Å². The van der Waals surface area contributed by atoms with E-state index in [-0.39, 0.29) is 29.5 Å². The number of hydrogen-bond donors (Lipinski definition) is 2. The zero-order valence-corrected chi connectivity index (χ0v) is 15.7. The lowest BCUT2D eigenvalue weighted by Gasteiger charge is -2.65. The first-order valence-electron chi connectivity index (χ1n) is 9.86. The Balaban J connectivity index is 1.74. The number of carbonyl (C=O) groups is 1. The van der Waals surface area contributed by atoms with Gasteiger partial charge in [0.15, 0.2) is 0 Å². The third kappa shape index (κ3) is 2.15. The Morgan fingerprint density at radius 1 is 1.16 bits per heavy atom. The number of aliphatic hydroxyl groups is 2. The molecule has 0 aromatic carbocycles. The average molecular weight is 352 g/mol. The molecule has 2 saturated heterocycles. The van der Waals surface area contributed by atoms with Crippen LogP contribution < -0.4 is 0 Å². The molecule has 0 aromatic rings. The van der Waals surface area contributed by atoms with Crippen molar-refractivity contribution in [3.63, 3.8) is 0 Å². The van der Waals surface area contributed by atoms with E-state index in [0.29, 0.717) is 25.4 Å². The van der Waals surface area contributed by atoms with Gasteiger partial charge < -0.3 is 19.7 Å². The van der Waals surface area contributed by atoms with Gasteiger partial charge in [0.2, 0.25) is 0 Å². The lowest BCUT2D eigenvalue weighted by Crippen LogP contribution is -2.66. The Bertz CT molecular complexity index is 578. The second-order valence-corrected chi connectivity index (χ2v) is 9.68. The SMILES string of the molecule is C[C@@H]1CCC2[C@](C)(CO)[C@@H](O)CC[C@]2(C)[C@]12CCC1(COC(=O)C1)O2. The van der Waals surface area contributed by atoms with Crippen LogP contribution in [0.5, 0.6) is 0 Å². The van der Waals surface area contributed by atoms with E-state index < -0.39 is 17.1 Å². The van der Waals surface area contributed by atoms with E-state index >= 15 is 0 Å². The average Bonchev–Trinajstić information content (AvgIpc) is 3.14. The molecule has 4 rings (SSSR count). The maximum atomic E-state index is 11.7. The molecule has 0 radical (unpaired) electrons. The molecule has 25 heavy (non-hydrogen) atoms. The molecule has 2 saturated carbocycles. The van der Waals surface area contributed by atoms with E-state index in [4.69, 9.17) is 9.47 Å². The summed E-state index contributed by atoms with van der Waals surface area (Å²) in [6.07, 6.45) is 5.36. The van der Waals surface area contributed by atoms with Crippen LogP contribution in [0.25, 0.3) is 0 Å². The van der Waals surface area contributed by atoms with Gasteiger partial charge in [-0.1, -0.05) is 20.8 Å². The number of carbonyl (C=O) groups excluding carboxylic acids is 1. The Kier molecular flexibility index (Phi) is 3.85. The highest BCUT2D eigenvalue weighted by molar-refractivity contribution is 5.73. The summed E-state index contributed by atoms with van der Waals surface area (Å²) in [5.74, 6) is 0.474. The van der Waals surface area contributed by atoms with Crippen LogP contribution in [0, 0.1) is 22.7 Å². The molecule has 5 heteroatoms. The van der Waals surface area contributed by atoms with Crippen LogP contribution in [0.3, 0.4) is 0 Å². The molecule has 2 spiro atoms. The summed E-state index contributed by atoms with van der Waals surface area (Å²) < 4.78 is 12.1. The Hall–Kier alpha value is -0.650. The Labute approximate surface area is 150 Å².